The predicted octanol–water partition coefficient (Wildman–Crippen LogP) is 2.14. The van der Waals surface area contributed by atoms with Crippen LogP contribution in [0.5, 0.6) is 5.75 Å². The van der Waals surface area contributed by atoms with Crippen LogP contribution in [0.15, 0.2) is 18.2 Å². The van der Waals surface area contributed by atoms with Gasteiger partial charge in [-0.05, 0) is 26.3 Å². The van der Waals surface area contributed by atoms with Crippen LogP contribution in [0, 0.1) is 5.82 Å². The average Bonchev–Trinajstić information content (AvgIpc) is 2.35. The smallest absolute Gasteiger partial charge is 0.258 e. The summed E-state index contributed by atoms with van der Waals surface area (Å²) < 4.78 is 18.9. The molecule has 0 fully saturated rings. The summed E-state index contributed by atoms with van der Waals surface area (Å²) in [5.41, 5.74) is 6.04. The van der Waals surface area contributed by atoms with Crippen molar-refractivity contribution < 1.29 is 13.9 Å². The van der Waals surface area contributed by atoms with Crippen LogP contribution in [0.25, 0.3) is 0 Å². The number of ether oxygens (including phenoxy) is 1. The maximum Gasteiger partial charge on any atom is 0.258 e. The lowest BCUT2D eigenvalue weighted by Crippen LogP contribution is -2.35. The van der Waals surface area contributed by atoms with Crippen LogP contribution in [0.1, 0.15) is 38.8 Å². The zero-order chi connectivity index (χ0) is 14.4. The number of nitrogens with two attached hydrogens (primary N) is 1. The number of carbonyl (C=O) groups excluding carboxylic acids is 1. The van der Waals surface area contributed by atoms with Crippen LogP contribution in [-0.4, -0.2) is 18.6 Å². The van der Waals surface area contributed by atoms with Crippen LogP contribution in [-0.2, 0) is 4.79 Å². The normalized spacial score (nSPS) is 13.7. The maximum atomic E-state index is 13.6. The van der Waals surface area contributed by atoms with Gasteiger partial charge in [0.2, 0.25) is 0 Å². The van der Waals surface area contributed by atoms with E-state index in [1.807, 2.05) is 13.8 Å². The van der Waals surface area contributed by atoms with E-state index in [0.29, 0.717) is 11.3 Å². The molecule has 19 heavy (non-hydrogen) atoms. The average molecular weight is 268 g/mol. The van der Waals surface area contributed by atoms with Gasteiger partial charge < -0.3 is 15.8 Å². The van der Waals surface area contributed by atoms with Crippen molar-refractivity contribution in [1.29, 1.82) is 0 Å². The van der Waals surface area contributed by atoms with E-state index in [4.69, 9.17) is 10.5 Å². The summed E-state index contributed by atoms with van der Waals surface area (Å²) in [4.78, 5) is 11.5. The zero-order valence-electron chi connectivity index (χ0n) is 11.6. The summed E-state index contributed by atoms with van der Waals surface area (Å²) in [5.74, 6) is -0.318. The summed E-state index contributed by atoms with van der Waals surface area (Å²) in [7, 11) is 0. The summed E-state index contributed by atoms with van der Waals surface area (Å²) in [6.07, 6.45) is 0.851. The first-order valence-electron chi connectivity index (χ1n) is 6.41. The van der Waals surface area contributed by atoms with Gasteiger partial charge in [-0.1, -0.05) is 13.0 Å². The number of halogens is 1. The Morgan fingerprint density at radius 1 is 1.47 bits per heavy atom. The highest BCUT2D eigenvalue weighted by atomic mass is 19.1. The van der Waals surface area contributed by atoms with Crippen LogP contribution < -0.4 is 15.8 Å². The van der Waals surface area contributed by atoms with E-state index in [1.165, 1.54) is 6.07 Å². The topological polar surface area (TPSA) is 64.3 Å². The fourth-order valence-electron chi connectivity index (χ4n) is 1.53. The fraction of sp³-hybridized carbons (Fsp3) is 0.500. The molecule has 0 aliphatic rings. The molecular formula is C14H21FN2O2. The molecule has 0 aliphatic heterocycles. The van der Waals surface area contributed by atoms with E-state index in [9.17, 15) is 9.18 Å². The molecule has 1 unspecified atom stereocenters. The van der Waals surface area contributed by atoms with E-state index in [-0.39, 0.29) is 24.6 Å². The van der Waals surface area contributed by atoms with Crippen LogP contribution in [0.2, 0.25) is 0 Å². The summed E-state index contributed by atoms with van der Waals surface area (Å²) in [5, 5.41) is 2.77. The minimum atomic E-state index is -0.421. The molecule has 1 aromatic rings. The Balaban J connectivity index is 2.54. The van der Waals surface area contributed by atoms with Gasteiger partial charge in [-0.3, -0.25) is 4.79 Å². The Hall–Kier alpha value is -1.62. The third-order valence-electron chi connectivity index (χ3n) is 2.85. The number of amides is 1. The molecule has 1 aromatic carbocycles. The predicted molar refractivity (Wildman–Crippen MR) is 72.4 cm³/mol. The van der Waals surface area contributed by atoms with Gasteiger partial charge in [0.05, 0.1) is 0 Å². The van der Waals surface area contributed by atoms with Crippen LogP contribution in [0.3, 0.4) is 0 Å². The van der Waals surface area contributed by atoms with Crippen molar-refractivity contribution in [3.63, 3.8) is 0 Å². The molecular weight excluding hydrogens is 247 g/mol. The van der Waals surface area contributed by atoms with Crippen molar-refractivity contribution in [2.45, 2.75) is 39.3 Å². The minimum Gasteiger partial charge on any atom is -0.484 e. The molecule has 0 saturated heterocycles. The van der Waals surface area contributed by atoms with E-state index in [0.717, 1.165) is 6.42 Å². The second kappa shape index (κ2) is 7.09. The van der Waals surface area contributed by atoms with Crippen molar-refractivity contribution in [3.8, 4) is 5.75 Å². The van der Waals surface area contributed by atoms with E-state index in [2.05, 4.69) is 5.32 Å². The van der Waals surface area contributed by atoms with Crippen LogP contribution >= 0.6 is 0 Å². The first-order chi connectivity index (χ1) is 8.93. The van der Waals surface area contributed by atoms with Gasteiger partial charge in [0.1, 0.15) is 11.6 Å². The standard InChI is InChI=1S/C14H21FN2O2/c1-4-9(2)17-14(18)8-19-11-5-6-12(10(3)16)13(15)7-11/h5-7,9-10H,4,8,16H2,1-3H3,(H,17,18)/t9?,10-/m0/s1. The number of rotatable bonds is 6. The lowest BCUT2D eigenvalue weighted by atomic mass is 10.1. The largest absolute Gasteiger partial charge is 0.484 e. The molecule has 3 N–H and O–H groups in total. The van der Waals surface area contributed by atoms with Gasteiger partial charge in [0, 0.05) is 23.7 Å². The minimum absolute atomic E-state index is 0.105. The highest BCUT2D eigenvalue weighted by Gasteiger charge is 2.10. The first-order valence-corrected chi connectivity index (χ1v) is 6.41. The molecule has 0 aliphatic carbocycles. The number of benzene rings is 1. The molecule has 5 heteroatoms. The molecule has 0 radical (unpaired) electrons. The molecule has 0 bridgehead atoms. The van der Waals surface area contributed by atoms with E-state index < -0.39 is 5.82 Å². The summed E-state index contributed by atoms with van der Waals surface area (Å²) in [6.45, 7) is 5.47. The maximum absolute atomic E-state index is 13.6. The molecule has 1 amide bonds. The van der Waals surface area contributed by atoms with E-state index >= 15 is 0 Å². The quantitative estimate of drug-likeness (QED) is 0.830. The highest BCUT2D eigenvalue weighted by molar-refractivity contribution is 5.77. The molecule has 0 aromatic heterocycles. The third kappa shape index (κ3) is 4.87. The van der Waals surface area contributed by atoms with Gasteiger partial charge >= 0.3 is 0 Å². The third-order valence-corrected chi connectivity index (χ3v) is 2.85. The molecule has 0 heterocycles. The van der Waals surface area contributed by atoms with Crippen molar-refractivity contribution in [2.24, 2.45) is 5.73 Å². The Morgan fingerprint density at radius 2 is 2.16 bits per heavy atom. The Bertz CT molecular complexity index is 435. The van der Waals surface area contributed by atoms with Gasteiger partial charge in [-0.2, -0.15) is 0 Å². The lowest BCUT2D eigenvalue weighted by Gasteiger charge is -2.13. The van der Waals surface area contributed by atoms with Gasteiger partial charge in [-0.15, -0.1) is 0 Å². The van der Waals surface area contributed by atoms with Crippen molar-refractivity contribution in [1.82, 2.24) is 5.32 Å². The Kier molecular flexibility index (Phi) is 5.76. The van der Waals surface area contributed by atoms with E-state index in [1.54, 1.807) is 19.1 Å². The lowest BCUT2D eigenvalue weighted by molar-refractivity contribution is -0.123. The zero-order valence-corrected chi connectivity index (χ0v) is 11.6. The molecule has 0 spiro atoms. The van der Waals surface area contributed by atoms with Crippen molar-refractivity contribution in [3.05, 3.63) is 29.6 Å². The SMILES string of the molecule is CCC(C)NC(=O)COc1ccc([C@H](C)N)c(F)c1. The highest BCUT2D eigenvalue weighted by Crippen LogP contribution is 2.20. The number of nitrogens with one attached hydrogen (secondary N) is 1. The Morgan fingerprint density at radius 3 is 2.68 bits per heavy atom. The monoisotopic (exact) mass is 268 g/mol. The number of carbonyl (C=O) groups is 1. The van der Waals surface area contributed by atoms with Crippen LogP contribution in [0.4, 0.5) is 4.39 Å². The second-order valence-electron chi connectivity index (χ2n) is 4.64. The van der Waals surface area contributed by atoms with Crippen molar-refractivity contribution in [2.75, 3.05) is 6.61 Å². The molecule has 2 atom stereocenters. The summed E-state index contributed by atoms with van der Waals surface area (Å²) >= 11 is 0. The molecule has 0 saturated carbocycles. The van der Waals surface area contributed by atoms with Gasteiger partial charge in [-0.25, -0.2) is 4.39 Å². The molecule has 1 rings (SSSR count). The molecule has 4 nitrogen and oxygen atoms in total. The van der Waals surface area contributed by atoms with Gasteiger partial charge in [0.15, 0.2) is 6.61 Å². The van der Waals surface area contributed by atoms with Crippen molar-refractivity contribution >= 4 is 5.91 Å². The molecule has 106 valence electrons. The Labute approximate surface area is 113 Å². The number of hydrogen-bond donors (Lipinski definition) is 2. The first kappa shape index (κ1) is 15.4. The second-order valence-corrected chi connectivity index (χ2v) is 4.64. The summed E-state index contributed by atoms with van der Waals surface area (Å²) in [6, 6.07) is 4.16. The fourth-order valence-corrected chi connectivity index (χ4v) is 1.53. The number of hydrogen-bond acceptors (Lipinski definition) is 3. The van der Waals surface area contributed by atoms with Gasteiger partial charge in [0.25, 0.3) is 5.91 Å².